The Labute approximate surface area is 215 Å². The summed E-state index contributed by atoms with van der Waals surface area (Å²) in [6, 6.07) is 14.5. The maximum atomic E-state index is 13.1. The van der Waals surface area contributed by atoms with Gasteiger partial charge in [0.2, 0.25) is 5.91 Å². The SMILES string of the molecule is COC1C=CC=C(n2c(CCCC(=O)NCc3ccc(F)cc3)nnc2SCc2ccccc2C)C1. The number of aryl methyl sites for hydroxylation is 2. The number of halogens is 1. The van der Waals surface area contributed by atoms with Gasteiger partial charge in [-0.2, -0.15) is 0 Å². The molecule has 2 aromatic carbocycles. The Bertz CT molecular complexity index is 1240. The second-order valence-corrected chi connectivity index (χ2v) is 9.67. The van der Waals surface area contributed by atoms with Crippen molar-refractivity contribution in [2.24, 2.45) is 0 Å². The second-order valence-electron chi connectivity index (χ2n) is 8.73. The summed E-state index contributed by atoms with van der Waals surface area (Å²) in [5.41, 5.74) is 4.47. The highest BCUT2D eigenvalue weighted by atomic mass is 32.2. The minimum atomic E-state index is -0.286. The van der Waals surface area contributed by atoms with Crippen LogP contribution in [0.2, 0.25) is 0 Å². The van der Waals surface area contributed by atoms with E-state index in [1.807, 2.05) is 18.2 Å². The molecule has 1 atom stereocenters. The van der Waals surface area contributed by atoms with Gasteiger partial charge in [-0.1, -0.05) is 60.3 Å². The fourth-order valence-electron chi connectivity index (χ4n) is 4.02. The summed E-state index contributed by atoms with van der Waals surface area (Å²) in [4.78, 5) is 12.4. The molecule has 0 fully saturated rings. The van der Waals surface area contributed by atoms with E-state index >= 15 is 0 Å². The number of ether oxygens (including phenoxy) is 1. The molecule has 1 N–H and O–H groups in total. The van der Waals surface area contributed by atoms with Crippen LogP contribution >= 0.6 is 11.8 Å². The van der Waals surface area contributed by atoms with Gasteiger partial charge in [0.15, 0.2) is 5.16 Å². The molecule has 1 aliphatic rings. The molecular weight excluding hydrogens is 475 g/mol. The van der Waals surface area contributed by atoms with Crippen LogP contribution in [0.1, 0.15) is 41.8 Å². The molecule has 8 heteroatoms. The fraction of sp³-hybridized carbons (Fsp3) is 0.321. The lowest BCUT2D eigenvalue weighted by atomic mass is 10.1. The molecule has 0 saturated heterocycles. The number of nitrogens with one attached hydrogen (secondary N) is 1. The number of thioether (sulfide) groups is 1. The molecule has 0 saturated carbocycles. The van der Waals surface area contributed by atoms with E-state index in [-0.39, 0.29) is 17.8 Å². The van der Waals surface area contributed by atoms with Gasteiger partial charge in [-0.15, -0.1) is 10.2 Å². The number of hydrogen-bond acceptors (Lipinski definition) is 5. The molecule has 188 valence electrons. The van der Waals surface area contributed by atoms with Crippen LogP contribution in [0.3, 0.4) is 0 Å². The summed E-state index contributed by atoms with van der Waals surface area (Å²) in [6.07, 6.45) is 8.51. The maximum absolute atomic E-state index is 13.1. The van der Waals surface area contributed by atoms with Crippen LogP contribution in [-0.4, -0.2) is 33.9 Å². The molecule has 0 bridgehead atoms. The Hall–Kier alpha value is -3.23. The van der Waals surface area contributed by atoms with Crippen LogP contribution in [0.15, 0.2) is 71.9 Å². The highest BCUT2D eigenvalue weighted by Gasteiger charge is 2.20. The van der Waals surface area contributed by atoms with Crippen LogP contribution < -0.4 is 5.32 Å². The molecule has 1 aliphatic carbocycles. The maximum Gasteiger partial charge on any atom is 0.220 e. The van der Waals surface area contributed by atoms with Crippen LogP contribution in [-0.2, 0) is 28.2 Å². The summed E-state index contributed by atoms with van der Waals surface area (Å²) in [5, 5.41) is 12.7. The quantitative estimate of drug-likeness (QED) is 0.349. The van der Waals surface area contributed by atoms with Crippen LogP contribution in [0.25, 0.3) is 5.70 Å². The number of methoxy groups -OCH3 is 1. The van der Waals surface area contributed by atoms with Crippen molar-refractivity contribution in [2.45, 2.75) is 56.2 Å². The number of benzene rings is 2. The molecule has 3 aromatic rings. The summed E-state index contributed by atoms with van der Waals surface area (Å²) in [5.74, 6) is 1.31. The normalized spacial score (nSPS) is 15.1. The third kappa shape index (κ3) is 6.92. The van der Waals surface area contributed by atoms with E-state index in [0.29, 0.717) is 25.8 Å². The van der Waals surface area contributed by atoms with Gasteiger partial charge in [0, 0.05) is 44.4 Å². The Morgan fingerprint density at radius 2 is 2.00 bits per heavy atom. The number of amides is 1. The lowest BCUT2D eigenvalue weighted by Crippen LogP contribution is -2.22. The van der Waals surface area contributed by atoms with E-state index < -0.39 is 0 Å². The van der Waals surface area contributed by atoms with E-state index in [2.05, 4.69) is 51.3 Å². The first-order valence-electron chi connectivity index (χ1n) is 12.1. The zero-order chi connectivity index (χ0) is 25.3. The van der Waals surface area contributed by atoms with Crippen LogP contribution in [0.5, 0.6) is 0 Å². The van der Waals surface area contributed by atoms with Crippen molar-refractivity contribution in [3.63, 3.8) is 0 Å². The third-order valence-electron chi connectivity index (χ3n) is 6.14. The number of nitrogens with zero attached hydrogens (tertiary/aromatic N) is 3. The molecule has 0 spiro atoms. The number of hydrogen-bond donors (Lipinski definition) is 1. The van der Waals surface area contributed by atoms with Crippen molar-refractivity contribution in [3.05, 3.63) is 95.1 Å². The minimum Gasteiger partial charge on any atom is -0.377 e. The van der Waals surface area contributed by atoms with Gasteiger partial charge in [0.1, 0.15) is 11.6 Å². The van der Waals surface area contributed by atoms with Gasteiger partial charge < -0.3 is 10.1 Å². The Balaban J connectivity index is 1.41. The molecule has 0 aliphatic heterocycles. The third-order valence-corrected chi connectivity index (χ3v) is 7.12. The van der Waals surface area contributed by atoms with Crippen LogP contribution in [0, 0.1) is 12.7 Å². The highest BCUT2D eigenvalue weighted by molar-refractivity contribution is 7.98. The molecule has 1 heterocycles. The largest absolute Gasteiger partial charge is 0.377 e. The van der Waals surface area contributed by atoms with Crippen molar-refractivity contribution in [2.75, 3.05) is 7.11 Å². The lowest BCUT2D eigenvalue weighted by molar-refractivity contribution is -0.121. The smallest absolute Gasteiger partial charge is 0.220 e. The molecule has 4 rings (SSSR count). The average Bonchev–Trinajstić information content (AvgIpc) is 3.30. The van der Waals surface area contributed by atoms with E-state index in [1.54, 1.807) is 31.0 Å². The van der Waals surface area contributed by atoms with Gasteiger partial charge in [0.25, 0.3) is 0 Å². The second kappa shape index (κ2) is 12.6. The molecule has 0 radical (unpaired) electrons. The molecule has 36 heavy (non-hydrogen) atoms. The number of allylic oxidation sites excluding steroid dienone is 2. The number of rotatable bonds is 11. The van der Waals surface area contributed by atoms with Gasteiger partial charge in [-0.3, -0.25) is 9.36 Å². The summed E-state index contributed by atoms with van der Waals surface area (Å²) in [7, 11) is 1.71. The van der Waals surface area contributed by atoms with Crippen LogP contribution in [0.4, 0.5) is 4.39 Å². The molecule has 1 aromatic heterocycles. The minimum absolute atomic E-state index is 0.00621. The number of carbonyl (C=O) groups excluding carboxylic acids is 1. The van der Waals surface area contributed by atoms with E-state index in [1.165, 1.54) is 23.3 Å². The van der Waals surface area contributed by atoms with E-state index in [9.17, 15) is 9.18 Å². The average molecular weight is 507 g/mol. The first-order valence-corrected chi connectivity index (χ1v) is 13.1. The van der Waals surface area contributed by atoms with Gasteiger partial charge >= 0.3 is 0 Å². The monoisotopic (exact) mass is 506 g/mol. The first-order chi connectivity index (χ1) is 17.5. The van der Waals surface area contributed by atoms with Crippen molar-refractivity contribution in [1.82, 2.24) is 20.1 Å². The first kappa shape index (κ1) is 25.9. The van der Waals surface area contributed by atoms with Crippen molar-refractivity contribution in [3.8, 4) is 0 Å². The highest BCUT2D eigenvalue weighted by Crippen LogP contribution is 2.30. The standard InChI is InChI=1S/C28H31FN4O2S/c1-20-7-3-4-8-22(20)19-36-28-32-31-26(33(28)24-9-5-10-25(17-24)35-2)11-6-12-27(34)30-18-21-13-15-23(29)16-14-21/h3-5,7-10,13-16,25H,6,11-12,17-19H2,1-2H3,(H,30,34). The van der Waals surface area contributed by atoms with Gasteiger partial charge in [-0.05, 0) is 48.2 Å². The van der Waals surface area contributed by atoms with E-state index in [0.717, 1.165) is 34.4 Å². The van der Waals surface area contributed by atoms with Crippen molar-refractivity contribution in [1.29, 1.82) is 0 Å². The molecule has 6 nitrogen and oxygen atoms in total. The Kier molecular flexibility index (Phi) is 9.08. The van der Waals surface area contributed by atoms with E-state index in [4.69, 9.17) is 4.74 Å². The lowest BCUT2D eigenvalue weighted by Gasteiger charge is -2.20. The predicted molar refractivity (Wildman–Crippen MR) is 141 cm³/mol. The van der Waals surface area contributed by atoms with Gasteiger partial charge in [-0.25, -0.2) is 4.39 Å². The number of carbonyl (C=O) groups is 1. The molecular formula is C28H31FN4O2S. The summed E-state index contributed by atoms with van der Waals surface area (Å²) in [6.45, 7) is 2.50. The predicted octanol–water partition coefficient (Wildman–Crippen LogP) is 5.47. The van der Waals surface area contributed by atoms with Crippen molar-refractivity contribution < 1.29 is 13.9 Å². The summed E-state index contributed by atoms with van der Waals surface area (Å²) < 4.78 is 20.7. The zero-order valence-corrected chi connectivity index (χ0v) is 21.4. The van der Waals surface area contributed by atoms with Gasteiger partial charge in [0.05, 0.1) is 6.10 Å². The molecule has 1 amide bonds. The number of aromatic nitrogens is 3. The molecule has 1 unspecified atom stereocenters. The summed E-state index contributed by atoms with van der Waals surface area (Å²) >= 11 is 1.66. The topological polar surface area (TPSA) is 69.0 Å². The Morgan fingerprint density at radius 3 is 2.78 bits per heavy atom. The zero-order valence-electron chi connectivity index (χ0n) is 20.6. The van der Waals surface area contributed by atoms with Crippen molar-refractivity contribution >= 4 is 23.4 Å². The Morgan fingerprint density at radius 1 is 1.19 bits per heavy atom. The fourth-order valence-corrected chi connectivity index (χ4v) is 5.08.